The average Bonchev–Trinajstić information content (AvgIpc) is 2.81. The van der Waals surface area contributed by atoms with Crippen molar-refractivity contribution in [3.8, 4) is 40.2 Å². The maximum absolute atomic E-state index is 13.2. The number of benzene rings is 3. The third kappa shape index (κ3) is 2.83. The van der Waals surface area contributed by atoms with Crippen molar-refractivity contribution in [2.75, 3.05) is 0 Å². The lowest BCUT2D eigenvalue weighted by Crippen LogP contribution is -2.24. The Hall–Kier alpha value is -5.12. The number of fused-ring (bicyclic) bond motifs is 5. The fourth-order valence-electron chi connectivity index (χ4n) is 4.43. The van der Waals surface area contributed by atoms with Crippen LogP contribution in [0.25, 0.3) is 21.9 Å². The molecule has 1 aliphatic heterocycles. The highest BCUT2D eigenvalue weighted by atomic mass is 16.5. The van der Waals surface area contributed by atoms with Crippen molar-refractivity contribution >= 4 is 21.9 Å². The van der Waals surface area contributed by atoms with Crippen LogP contribution in [0.15, 0.2) is 67.0 Å². The zero-order valence-corrected chi connectivity index (χ0v) is 17.5. The predicted molar refractivity (Wildman–Crippen MR) is 121 cm³/mol. The second kappa shape index (κ2) is 6.94. The molecule has 0 aliphatic carbocycles. The molecule has 6 rings (SSSR count). The number of hydrogen-bond donors (Lipinski definition) is 5. The molecule has 10 heteroatoms. The molecule has 1 unspecified atom stereocenters. The Labute approximate surface area is 193 Å². The summed E-state index contributed by atoms with van der Waals surface area (Å²) in [7, 11) is 0. The molecule has 35 heavy (non-hydrogen) atoms. The molecule has 5 N–H and O–H groups in total. The van der Waals surface area contributed by atoms with Crippen molar-refractivity contribution in [2.45, 2.75) is 5.92 Å². The van der Waals surface area contributed by atoms with Gasteiger partial charge in [-0.15, -0.1) is 0 Å². The second-order valence-corrected chi connectivity index (χ2v) is 8.03. The summed E-state index contributed by atoms with van der Waals surface area (Å²) in [6.07, 6.45) is 0. The first kappa shape index (κ1) is 20.5. The van der Waals surface area contributed by atoms with Gasteiger partial charge in [-0.05, 0) is 18.2 Å². The van der Waals surface area contributed by atoms with Crippen LogP contribution >= 0.6 is 0 Å². The van der Waals surface area contributed by atoms with Gasteiger partial charge in [-0.1, -0.05) is 18.2 Å². The van der Waals surface area contributed by atoms with Crippen molar-refractivity contribution < 1.29 is 39.1 Å². The first-order valence-corrected chi connectivity index (χ1v) is 10.3. The quantitative estimate of drug-likeness (QED) is 0.175. The second-order valence-electron chi connectivity index (χ2n) is 8.03. The molecule has 0 bridgehead atoms. The van der Waals surface area contributed by atoms with Crippen LogP contribution < -0.4 is 16.0 Å². The first-order chi connectivity index (χ1) is 16.7. The third-order valence-corrected chi connectivity index (χ3v) is 6.02. The van der Waals surface area contributed by atoms with E-state index in [4.69, 9.17) is 13.6 Å². The molecule has 2 aromatic heterocycles. The summed E-state index contributed by atoms with van der Waals surface area (Å²) < 4.78 is 16.7. The van der Waals surface area contributed by atoms with Gasteiger partial charge in [0.05, 0.1) is 27.8 Å². The standard InChI is InChI=1S/C25H14O10/c26-12-5-10-17(7-14(12)28)34-24(31)20(22(10)30)19-9-3-1-2-4-16(9)33-23-11-6-13(27)15(29)8-18(11)35-25(32)21(19)23/h1-8,19,26-30H. The first-order valence-electron chi connectivity index (χ1n) is 10.3. The van der Waals surface area contributed by atoms with Crippen LogP contribution in [-0.4, -0.2) is 25.5 Å². The van der Waals surface area contributed by atoms with Gasteiger partial charge >= 0.3 is 11.3 Å². The van der Waals surface area contributed by atoms with Gasteiger partial charge < -0.3 is 39.1 Å². The number of ether oxygens (including phenoxy) is 1. The monoisotopic (exact) mass is 474 g/mol. The molecule has 0 radical (unpaired) electrons. The Morgan fingerprint density at radius 1 is 0.657 bits per heavy atom. The summed E-state index contributed by atoms with van der Waals surface area (Å²) in [5.41, 5.74) is -2.29. The van der Waals surface area contributed by atoms with E-state index < -0.39 is 45.9 Å². The lowest BCUT2D eigenvalue weighted by molar-refractivity contribution is 0.399. The minimum absolute atomic E-state index is 0.0392. The zero-order valence-electron chi connectivity index (χ0n) is 17.5. The van der Waals surface area contributed by atoms with Crippen LogP contribution in [0.5, 0.6) is 40.2 Å². The van der Waals surface area contributed by atoms with Gasteiger partial charge in [0.25, 0.3) is 0 Å². The van der Waals surface area contributed by atoms with E-state index in [9.17, 15) is 35.1 Å². The maximum Gasteiger partial charge on any atom is 0.344 e. The van der Waals surface area contributed by atoms with Gasteiger partial charge in [-0.25, -0.2) is 9.59 Å². The van der Waals surface area contributed by atoms with E-state index in [1.165, 1.54) is 0 Å². The summed E-state index contributed by atoms with van der Waals surface area (Å²) in [6, 6.07) is 10.7. The van der Waals surface area contributed by atoms with Gasteiger partial charge in [0.1, 0.15) is 28.4 Å². The Morgan fingerprint density at radius 2 is 1.20 bits per heavy atom. The van der Waals surface area contributed by atoms with E-state index in [-0.39, 0.29) is 44.6 Å². The van der Waals surface area contributed by atoms with Gasteiger partial charge in [-0.3, -0.25) is 0 Å². The van der Waals surface area contributed by atoms with Crippen molar-refractivity contribution in [1.82, 2.24) is 0 Å². The minimum atomic E-state index is -1.22. The molecule has 5 aromatic rings. The normalized spacial score (nSPS) is 14.5. The maximum atomic E-state index is 13.2. The predicted octanol–water partition coefficient (Wildman–Crippen LogP) is 3.71. The summed E-state index contributed by atoms with van der Waals surface area (Å²) >= 11 is 0. The molecule has 1 atom stereocenters. The molecular formula is C25H14O10. The van der Waals surface area contributed by atoms with Crippen molar-refractivity contribution in [2.24, 2.45) is 0 Å². The van der Waals surface area contributed by atoms with E-state index in [0.29, 0.717) is 5.56 Å². The lowest BCUT2D eigenvalue weighted by atomic mass is 9.82. The molecule has 3 heterocycles. The van der Waals surface area contributed by atoms with Crippen LogP contribution in [-0.2, 0) is 0 Å². The van der Waals surface area contributed by atoms with E-state index in [2.05, 4.69) is 0 Å². The molecule has 0 spiro atoms. The van der Waals surface area contributed by atoms with E-state index >= 15 is 0 Å². The number of phenolic OH excluding ortho intramolecular Hbond substituents is 4. The van der Waals surface area contributed by atoms with Gasteiger partial charge in [0.2, 0.25) is 0 Å². The van der Waals surface area contributed by atoms with E-state index in [1.54, 1.807) is 24.3 Å². The Kier molecular flexibility index (Phi) is 4.06. The molecule has 0 fully saturated rings. The summed E-state index contributed by atoms with van der Waals surface area (Å²) in [5, 5.41) is 50.8. The zero-order chi connectivity index (χ0) is 24.6. The SMILES string of the molecule is O=c1oc2cc(O)c(O)cc2c(O)c1C1c2ccccc2Oc2c1c(=O)oc1cc(O)c(O)cc21. The molecular weight excluding hydrogens is 460 g/mol. The van der Waals surface area contributed by atoms with E-state index in [1.807, 2.05) is 0 Å². The van der Waals surface area contributed by atoms with Gasteiger partial charge in [0, 0.05) is 17.7 Å². The topological polar surface area (TPSA) is 171 Å². The van der Waals surface area contributed by atoms with Crippen molar-refractivity contribution in [3.05, 3.63) is 86.1 Å². The van der Waals surface area contributed by atoms with Crippen LogP contribution in [0.1, 0.15) is 22.6 Å². The number of hydrogen-bond acceptors (Lipinski definition) is 10. The summed E-state index contributed by atoms with van der Waals surface area (Å²) in [6.45, 7) is 0. The molecule has 174 valence electrons. The highest BCUT2D eigenvalue weighted by Crippen LogP contribution is 2.51. The van der Waals surface area contributed by atoms with E-state index in [0.717, 1.165) is 24.3 Å². The molecule has 0 amide bonds. The minimum Gasteiger partial charge on any atom is -0.507 e. The Morgan fingerprint density at radius 3 is 1.89 bits per heavy atom. The number of rotatable bonds is 1. The van der Waals surface area contributed by atoms with Gasteiger partial charge in [-0.2, -0.15) is 0 Å². The molecule has 10 nitrogen and oxygen atoms in total. The van der Waals surface area contributed by atoms with Crippen molar-refractivity contribution in [3.63, 3.8) is 0 Å². The highest BCUT2D eigenvalue weighted by molar-refractivity contribution is 5.91. The fraction of sp³-hybridized carbons (Fsp3) is 0.0400. The average molecular weight is 474 g/mol. The van der Waals surface area contributed by atoms with Crippen LogP contribution in [0.2, 0.25) is 0 Å². The molecule has 0 saturated heterocycles. The number of para-hydroxylation sites is 1. The van der Waals surface area contributed by atoms with Crippen LogP contribution in [0, 0.1) is 0 Å². The lowest BCUT2D eigenvalue weighted by Gasteiger charge is -2.28. The Bertz CT molecular complexity index is 1800. The van der Waals surface area contributed by atoms with Gasteiger partial charge in [0.15, 0.2) is 23.0 Å². The highest BCUT2D eigenvalue weighted by Gasteiger charge is 2.38. The number of phenols is 4. The molecule has 3 aromatic carbocycles. The summed E-state index contributed by atoms with van der Waals surface area (Å²) in [4.78, 5) is 26.3. The van der Waals surface area contributed by atoms with Crippen LogP contribution in [0.4, 0.5) is 0 Å². The molecule has 1 aliphatic rings. The Balaban J connectivity index is 1.75. The summed E-state index contributed by atoms with van der Waals surface area (Å²) in [5.74, 6) is -3.68. The molecule has 0 saturated carbocycles. The fourth-order valence-corrected chi connectivity index (χ4v) is 4.43. The smallest absolute Gasteiger partial charge is 0.344 e. The van der Waals surface area contributed by atoms with Crippen LogP contribution in [0.3, 0.4) is 0 Å². The van der Waals surface area contributed by atoms with Crippen molar-refractivity contribution in [1.29, 1.82) is 0 Å². The number of aromatic hydroxyl groups is 5. The third-order valence-electron chi connectivity index (χ3n) is 6.02. The largest absolute Gasteiger partial charge is 0.507 e.